The number of nitrogens with two attached hydrogens (primary N) is 1. The molecule has 3 N–H and O–H groups in total. The van der Waals surface area contributed by atoms with Crippen LogP contribution in [0.25, 0.3) is 0 Å². The molecule has 2 aliphatic rings. The van der Waals surface area contributed by atoms with Gasteiger partial charge in [0.1, 0.15) is 11.4 Å². The summed E-state index contributed by atoms with van der Waals surface area (Å²) in [6.45, 7) is 0. The fraction of sp³-hybridized carbons (Fsp3) is 0.409. The number of carbonyl (C=O) groups excluding carboxylic acids is 1. The molecule has 4 rings (SSSR count). The lowest BCUT2D eigenvalue weighted by atomic mass is 9.85. The smallest absolute Gasteiger partial charge is 0.237 e. The van der Waals surface area contributed by atoms with Crippen molar-refractivity contribution in [3.05, 3.63) is 65.7 Å². The van der Waals surface area contributed by atoms with E-state index in [2.05, 4.69) is 5.32 Å². The Hall–Kier alpha value is -2.33. The van der Waals surface area contributed by atoms with Gasteiger partial charge in [0.15, 0.2) is 0 Å². The quantitative estimate of drug-likeness (QED) is 0.887. The summed E-state index contributed by atoms with van der Waals surface area (Å²) in [6.07, 6.45) is 5.87. The van der Waals surface area contributed by atoms with Crippen LogP contribution in [0.3, 0.4) is 0 Å². The van der Waals surface area contributed by atoms with Gasteiger partial charge in [-0.2, -0.15) is 0 Å². The first kappa shape index (κ1) is 17.1. The summed E-state index contributed by atoms with van der Waals surface area (Å²) in [6, 6.07) is 17.4. The number of carbonyl (C=O) groups is 1. The summed E-state index contributed by atoms with van der Waals surface area (Å²) in [7, 11) is 0. The topological polar surface area (TPSA) is 64.4 Å². The maximum Gasteiger partial charge on any atom is 0.237 e. The molecule has 1 aliphatic heterocycles. The molecule has 1 amide bonds. The van der Waals surface area contributed by atoms with Crippen molar-refractivity contribution in [1.82, 2.24) is 5.32 Å². The number of hydrogen-bond acceptors (Lipinski definition) is 3. The Morgan fingerprint density at radius 3 is 2.58 bits per heavy atom. The van der Waals surface area contributed by atoms with Crippen LogP contribution in [0.15, 0.2) is 54.6 Å². The molecule has 4 nitrogen and oxygen atoms in total. The van der Waals surface area contributed by atoms with Crippen molar-refractivity contribution in [1.29, 1.82) is 0 Å². The highest BCUT2D eigenvalue weighted by Gasteiger charge is 2.43. The van der Waals surface area contributed by atoms with Gasteiger partial charge in [0.05, 0.1) is 12.1 Å². The zero-order valence-corrected chi connectivity index (χ0v) is 15.0. The van der Waals surface area contributed by atoms with E-state index in [1.807, 2.05) is 54.6 Å². The molecule has 1 heterocycles. The number of para-hydroxylation sites is 1. The largest absolute Gasteiger partial charge is 0.487 e. The highest BCUT2D eigenvalue weighted by atomic mass is 16.5. The van der Waals surface area contributed by atoms with Crippen molar-refractivity contribution < 1.29 is 9.53 Å². The maximum absolute atomic E-state index is 12.8. The third-order valence-corrected chi connectivity index (χ3v) is 5.66. The van der Waals surface area contributed by atoms with E-state index in [0.717, 1.165) is 36.1 Å². The molecule has 136 valence electrons. The monoisotopic (exact) mass is 350 g/mol. The van der Waals surface area contributed by atoms with Crippen LogP contribution in [-0.4, -0.2) is 17.6 Å². The van der Waals surface area contributed by atoms with Crippen molar-refractivity contribution >= 4 is 5.91 Å². The van der Waals surface area contributed by atoms with E-state index in [0.29, 0.717) is 6.42 Å². The van der Waals surface area contributed by atoms with Gasteiger partial charge in [-0.3, -0.25) is 4.79 Å². The van der Waals surface area contributed by atoms with Gasteiger partial charge >= 0.3 is 0 Å². The first-order chi connectivity index (χ1) is 12.7. The minimum absolute atomic E-state index is 0.0348. The number of ether oxygens (including phenoxy) is 1. The Morgan fingerprint density at radius 2 is 1.81 bits per heavy atom. The van der Waals surface area contributed by atoms with Crippen LogP contribution in [0, 0.1) is 0 Å². The first-order valence-electron chi connectivity index (χ1n) is 9.53. The van der Waals surface area contributed by atoms with E-state index in [4.69, 9.17) is 10.5 Å². The van der Waals surface area contributed by atoms with Crippen LogP contribution in [0.2, 0.25) is 0 Å². The van der Waals surface area contributed by atoms with Gasteiger partial charge < -0.3 is 15.8 Å². The molecule has 1 spiro atoms. The summed E-state index contributed by atoms with van der Waals surface area (Å²) in [4.78, 5) is 12.8. The van der Waals surface area contributed by atoms with Gasteiger partial charge in [-0.1, -0.05) is 48.5 Å². The molecule has 1 saturated carbocycles. The third-order valence-electron chi connectivity index (χ3n) is 5.66. The van der Waals surface area contributed by atoms with E-state index in [9.17, 15) is 4.79 Å². The summed E-state index contributed by atoms with van der Waals surface area (Å²) in [5.41, 5.74) is 8.20. The molecule has 1 unspecified atom stereocenters. The average Bonchev–Trinajstić information content (AvgIpc) is 3.10. The van der Waals surface area contributed by atoms with Crippen LogP contribution in [0.4, 0.5) is 0 Å². The predicted molar refractivity (Wildman–Crippen MR) is 102 cm³/mol. The van der Waals surface area contributed by atoms with Crippen molar-refractivity contribution in [2.45, 2.75) is 56.2 Å². The van der Waals surface area contributed by atoms with Gasteiger partial charge in [0, 0.05) is 12.0 Å². The zero-order valence-electron chi connectivity index (χ0n) is 15.0. The minimum Gasteiger partial charge on any atom is -0.487 e. The number of benzene rings is 2. The number of rotatable bonds is 4. The predicted octanol–water partition coefficient (Wildman–Crippen LogP) is 3.51. The molecule has 0 bridgehead atoms. The van der Waals surface area contributed by atoms with E-state index in [1.165, 1.54) is 12.8 Å². The van der Waals surface area contributed by atoms with E-state index in [-0.39, 0.29) is 17.6 Å². The molecule has 1 fully saturated rings. The number of fused-ring (bicyclic) bond motifs is 1. The SMILES string of the molecule is N[C@@H](Cc1ccccc1)C(=O)NC1CC2(CCCC2)Oc2ccccc21. The van der Waals surface area contributed by atoms with Crippen molar-refractivity contribution in [2.24, 2.45) is 5.73 Å². The fourth-order valence-corrected chi connectivity index (χ4v) is 4.31. The lowest BCUT2D eigenvalue weighted by Gasteiger charge is -2.40. The van der Waals surface area contributed by atoms with Crippen LogP contribution in [0.1, 0.15) is 49.3 Å². The van der Waals surface area contributed by atoms with Crippen LogP contribution >= 0.6 is 0 Å². The second-order valence-corrected chi connectivity index (χ2v) is 7.59. The third kappa shape index (κ3) is 3.47. The molecule has 4 heteroatoms. The molecule has 26 heavy (non-hydrogen) atoms. The number of amides is 1. The van der Waals surface area contributed by atoms with Gasteiger partial charge in [-0.15, -0.1) is 0 Å². The van der Waals surface area contributed by atoms with E-state index < -0.39 is 6.04 Å². The molecule has 0 radical (unpaired) electrons. The molecule has 2 atom stereocenters. The lowest BCUT2D eigenvalue weighted by Crippen LogP contribution is -2.48. The molecule has 2 aromatic rings. The van der Waals surface area contributed by atoms with Crippen molar-refractivity contribution in [3.8, 4) is 5.75 Å². The van der Waals surface area contributed by atoms with Crippen LogP contribution in [0.5, 0.6) is 5.75 Å². The normalized spacial score (nSPS) is 21.7. The number of nitrogens with one attached hydrogen (secondary N) is 1. The molecular formula is C22H26N2O2. The molecule has 2 aromatic carbocycles. The summed E-state index contributed by atoms with van der Waals surface area (Å²) < 4.78 is 6.37. The van der Waals surface area contributed by atoms with Crippen LogP contribution in [-0.2, 0) is 11.2 Å². The molecule has 1 aliphatic carbocycles. The Bertz CT molecular complexity index is 769. The summed E-state index contributed by atoms with van der Waals surface area (Å²) in [5.74, 6) is 0.811. The Kier molecular flexibility index (Phi) is 4.68. The second-order valence-electron chi connectivity index (χ2n) is 7.59. The maximum atomic E-state index is 12.8. The summed E-state index contributed by atoms with van der Waals surface area (Å²) >= 11 is 0. The zero-order chi connectivity index (χ0) is 18.0. The summed E-state index contributed by atoms with van der Waals surface area (Å²) in [5, 5.41) is 3.20. The van der Waals surface area contributed by atoms with E-state index in [1.54, 1.807) is 0 Å². The number of hydrogen-bond donors (Lipinski definition) is 2. The van der Waals surface area contributed by atoms with Gasteiger partial charge in [-0.05, 0) is 43.7 Å². The van der Waals surface area contributed by atoms with Crippen molar-refractivity contribution in [3.63, 3.8) is 0 Å². The standard InChI is InChI=1S/C22H26N2O2/c23-18(14-16-8-2-1-3-9-16)21(25)24-19-15-22(12-6-7-13-22)26-20-11-5-4-10-17(19)20/h1-5,8-11,18-19H,6-7,12-15,23H2,(H,24,25)/t18-,19?/m0/s1. The first-order valence-corrected chi connectivity index (χ1v) is 9.53. The van der Waals surface area contributed by atoms with Gasteiger partial charge in [0.2, 0.25) is 5.91 Å². The van der Waals surface area contributed by atoms with Gasteiger partial charge in [-0.25, -0.2) is 0 Å². The second kappa shape index (κ2) is 7.12. The Balaban J connectivity index is 1.50. The highest BCUT2D eigenvalue weighted by Crippen LogP contribution is 2.46. The molecule has 0 aromatic heterocycles. The molecular weight excluding hydrogens is 324 g/mol. The van der Waals surface area contributed by atoms with Crippen LogP contribution < -0.4 is 15.8 Å². The Morgan fingerprint density at radius 1 is 1.12 bits per heavy atom. The average molecular weight is 350 g/mol. The van der Waals surface area contributed by atoms with Gasteiger partial charge in [0.25, 0.3) is 0 Å². The van der Waals surface area contributed by atoms with E-state index >= 15 is 0 Å². The Labute approximate surface area is 154 Å². The fourth-order valence-electron chi connectivity index (χ4n) is 4.31. The minimum atomic E-state index is -0.549. The lowest BCUT2D eigenvalue weighted by molar-refractivity contribution is -0.123. The highest BCUT2D eigenvalue weighted by molar-refractivity contribution is 5.82. The van der Waals surface area contributed by atoms with Crippen molar-refractivity contribution in [2.75, 3.05) is 0 Å². The molecule has 0 saturated heterocycles.